The van der Waals surface area contributed by atoms with E-state index < -0.39 is 32.8 Å². The lowest BCUT2D eigenvalue weighted by Crippen LogP contribution is -2.61. The van der Waals surface area contributed by atoms with E-state index in [1.807, 2.05) is 0 Å². The number of nitrogens with zero attached hydrogens (tertiary/aromatic N) is 1. The Kier molecular flexibility index (Phi) is 4.17. The van der Waals surface area contributed by atoms with E-state index >= 15 is 0 Å². The summed E-state index contributed by atoms with van der Waals surface area (Å²) >= 11 is 0. The van der Waals surface area contributed by atoms with Gasteiger partial charge in [0, 0.05) is 5.56 Å². The second kappa shape index (κ2) is 5.82. The van der Waals surface area contributed by atoms with Crippen LogP contribution in [0.5, 0.6) is 0 Å². The van der Waals surface area contributed by atoms with Crippen molar-refractivity contribution in [1.82, 2.24) is 5.32 Å². The van der Waals surface area contributed by atoms with E-state index in [1.54, 1.807) is 25.1 Å². The van der Waals surface area contributed by atoms with Crippen LogP contribution in [0.15, 0.2) is 29.8 Å². The fourth-order valence-corrected chi connectivity index (χ4v) is 6.22. The summed E-state index contributed by atoms with van der Waals surface area (Å²) in [5.74, 6) is -0.669. The van der Waals surface area contributed by atoms with E-state index in [0.29, 0.717) is 18.4 Å². The summed E-state index contributed by atoms with van der Waals surface area (Å²) in [6, 6.07) is 4.39. The third kappa shape index (κ3) is 2.74. The van der Waals surface area contributed by atoms with Gasteiger partial charge in [-0.05, 0) is 43.9 Å². The number of carbonyl (C=O) groups is 1. The lowest BCUT2D eigenvalue weighted by atomic mass is 9.81. The molecule has 0 bridgehead atoms. The maximum absolute atomic E-state index is 14.5. The zero-order valence-corrected chi connectivity index (χ0v) is 14.6. The Hall–Kier alpha value is -1.90. The van der Waals surface area contributed by atoms with Crippen LogP contribution in [0, 0.1) is 5.82 Å². The van der Waals surface area contributed by atoms with Crippen molar-refractivity contribution >= 4 is 28.6 Å². The first-order valence-corrected chi connectivity index (χ1v) is 9.63. The second-order valence-corrected chi connectivity index (χ2v) is 9.17. The highest BCUT2D eigenvalue weighted by Gasteiger charge is 2.58. The molecule has 1 atom stereocenters. The van der Waals surface area contributed by atoms with Gasteiger partial charge >= 0.3 is 6.09 Å². The summed E-state index contributed by atoms with van der Waals surface area (Å²) in [6.07, 6.45) is 1.87. The predicted molar refractivity (Wildman–Crippen MR) is 96.7 cm³/mol. The molecule has 0 aromatic heterocycles. The Morgan fingerprint density at radius 3 is 2.64 bits per heavy atom. The van der Waals surface area contributed by atoms with Crippen molar-refractivity contribution < 1.29 is 23.4 Å². The predicted octanol–water partition coefficient (Wildman–Crippen LogP) is 4.04. The molecule has 1 heterocycles. The molecule has 25 heavy (non-hydrogen) atoms. The largest absolute Gasteiger partial charge is 0.465 e. The molecule has 1 aromatic rings. The molecule has 0 radical (unpaired) electrons. The van der Waals surface area contributed by atoms with Crippen molar-refractivity contribution in [2.45, 2.75) is 36.5 Å². The quantitative estimate of drug-likeness (QED) is 0.633. The summed E-state index contributed by atoms with van der Waals surface area (Å²) in [7, 11) is -3.22. The first-order valence-electron chi connectivity index (χ1n) is 7.92. The van der Waals surface area contributed by atoms with Gasteiger partial charge < -0.3 is 5.11 Å². The van der Waals surface area contributed by atoms with Crippen molar-refractivity contribution in [3.8, 4) is 0 Å². The molecule has 0 saturated heterocycles. The third-order valence-electron chi connectivity index (χ3n) is 5.09. The van der Waals surface area contributed by atoms with Gasteiger partial charge in [0.2, 0.25) is 0 Å². The molecule has 6 nitrogen and oxygen atoms in total. The van der Waals surface area contributed by atoms with Crippen LogP contribution in [0.25, 0.3) is 6.08 Å². The molecule has 2 aliphatic rings. The van der Waals surface area contributed by atoms with Crippen LogP contribution in [0.3, 0.4) is 0 Å². The number of benzene rings is 1. The minimum atomic E-state index is -3.22. The van der Waals surface area contributed by atoms with Crippen LogP contribution in [0.1, 0.15) is 37.3 Å². The number of aliphatic imine (C=N–C) groups is 1. The number of carboxylic acid groups (broad SMARTS) is 1. The number of amides is 1. The van der Waals surface area contributed by atoms with Gasteiger partial charge in [0.1, 0.15) is 21.9 Å². The number of rotatable bonds is 2. The fraction of sp³-hybridized carbons (Fsp3) is 0.412. The highest BCUT2D eigenvalue weighted by molar-refractivity contribution is 8.26. The number of hydrogen-bond acceptors (Lipinski definition) is 4. The van der Waals surface area contributed by atoms with E-state index in [9.17, 15) is 18.3 Å². The van der Waals surface area contributed by atoms with E-state index in [2.05, 4.69) is 16.9 Å². The highest BCUT2D eigenvalue weighted by atomic mass is 32.3. The SMILES string of the molecule is C=Cc1ccc(F)c(C2(C)CS(O)(O)C3(CCC3)C(NC(=O)O)=N2)c1. The van der Waals surface area contributed by atoms with Crippen molar-refractivity contribution in [3.05, 3.63) is 41.7 Å². The molecule has 1 aliphatic heterocycles. The number of halogens is 1. The summed E-state index contributed by atoms with van der Waals surface area (Å²) in [5.41, 5.74) is -0.440. The molecule has 1 saturated carbocycles. The summed E-state index contributed by atoms with van der Waals surface area (Å²) in [4.78, 5) is 15.7. The third-order valence-corrected chi connectivity index (χ3v) is 7.91. The van der Waals surface area contributed by atoms with E-state index in [-0.39, 0.29) is 17.2 Å². The normalized spacial score (nSPS) is 27.8. The molecule has 8 heteroatoms. The Bertz CT molecular complexity index is 776. The zero-order chi connectivity index (χ0) is 18.5. The maximum atomic E-state index is 14.5. The van der Waals surface area contributed by atoms with E-state index in [4.69, 9.17) is 5.11 Å². The fourth-order valence-electron chi connectivity index (χ4n) is 3.59. The molecule has 3 rings (SSSR count). The Balaban J connectivity index is 2.17. The molecule has 1 spiro atoms. The molecule has 1 unspecified atom stereocenters. The van der Waals surface area contributed by atoms with Crippen LogP contribution in [-0.2, 0) is 5.54 Å². The average Bonchev–Trinajstić information content (AvgIpc) is 2.43. The molecule has 1 amide bonds. The Morgan fingerprint density at radius 2 is 2.12 bits per heavy atom. The van der Waals surface area contributed by atoms with Gasteiger partial charge in [-0.2, -0.15) is 10.6 Å². The number of amidine groups is 1. The Morgan fingerprint density at radius 1 is 1.44 bits per heavy atom. The van der Waals surface area contributed by atoms with Crippen LogP contribution in [0.4, 0.5) is 9.18 Å². The maximum Gasteiger partial charge on any atom is 0.410 e. The van der Waals surface area contributed by atoms with Gasteiger partial charge in [-0.3, -0.25) is 19.4 Å². The van der Waals surface area contributed by atoms with Gasteiger partial charge in [-0.15, -0.1) is 0 Å². The minimum Gasteiger partial charge on any atom is -0.465 e. The summed E-state index contributed by atoms with van der Waals surface area (Å²) < 4.78 is 35.0. The second-order valence-electron chi connectivity index (χ2n) is 6.77. The van der Waals surface area contributed by atoms with E-state index in [0.717, 1.165) is 6.42 Å². The van der Waals surface area contributed by atoms with Crippen LogP contribution < -0.4 is 5.32 Å². The zero-order valence-electron chi connectivity index (χ0n) is 13.8. The smallest absolute Gasteiger partial charge is 0.410 e. The number of nitrogens with one attached hydrogen (secondary N) is 1. The van der Waals surface area contributed by atoms with Gasteiger partial charge in [0.15, 0.2) is 0 Å². The standard InChI is InChI=1S/C17H21FN2O4S/c1-3-11-5-6-13(18)12(9-11)16(2)10-25(23,24)17(7-4-8-17)14(20-16)19-15(21)22/h3,5-6,9,23-24H,1,4,7-8,10H2,2H3,(H,19,20)(H,21,22). The lowest BCUT2D eigenvalue weighted by molar-refractivity contribution is 0.199. The van der Waals surface area contributed by atoms with Crippen molar-refractivity contribution in [2.75, 3.05) is 5.75 Å². The highest BCUT2D eigenvalue weighted by Crippen LogP contribution is 2.66. The summed E-state index contributed by atoms with van der Waals surface area (Å²) in [5, 5.41) is 11.4. The van der Waals surface area contributed by atoms with Crippen LogP contribution >= 0.6 is 10.6 Å². The molecule has 1 aliphatic carbocycles. The monoisotopic (exact) mass is 368 g/mol. The molecule has 1 fully saturated rings. The first kappa shape index (κ1) is 17.9. The van der Waals surface area contributed by atoms with E-state index in [1.165, 1.54) is 6.07 Å². The molecule has 1 aromatic carbocycles. The van der Waals surface area contributed by atoms with Gasteiger partial charge in [0.25, 0.3) is 0 Å². The summed E-state index contributed by atoms with van der Waals surface area (Å²) in [6.45, 7) is 5.24. The topological polar surface area (TPSA) is 102 Å². The van der Waals surface area contributed by atoms with Crippen LogP contribution in [0.2, 0.25) is 0 Å². The Labute approximate surface area is 146 Å². The van der Waals surface area contributed by atoms with Gasteiger partial charge in [0.05, 0.1) is 5.75 Å². The van der Waals surface area contributed by atoms with Crippen LogP contribution in [-0.4, -0.2) is 36.6 Å². The van der Waals surface area contributed by atoms with Crippen molar-refractivity contribution in [3.63, 3.8) is 0 Å². The van der Waals surface area contributed by atoms with Gasteiger partial charge in [-0.25, -0.2) is 9.18 Å². The lowest BCUT2D eigenvalue weighted by Gasteiger charge is -2.60. The van der Waals surface area contributed by atoms with Crippen molar-refractivity contribution in [2.24, 2.45) is 4.99 Å². The molecule has 4 N–H and O–H groups in total. The minimum absolute atomic E-state index is 0.0170. The molecular formula is C17H21FN2O4S. The van der Waals surface area contributed by atoms with Crippen molar-refractivity contribution in [1.29, 1.82) is 0 Å². The first-order chi connectivity index (χ1) is 11.6. The van der Waals surface area contributed by atoms with Gasteiger partial charge in [-0.1, -0.05) is 18.7 Å². The molecule has 136 valence electrons. The molecular weight excluding hydrogens is 347 g/mol. The average molecular weight is 368 g/mol. The number of hydrogen-bond donors (Lipinski definition) is 4.